The molecule has 1 atom stereocenters. The summed E-state index contributed by atoms with van der Waals surface area (Å²) in [7, 11) is 1.70. The number of benzene rings is 1. The molecule has 5 nitrogen and oxygen atoms in total. The van der Waals surface area contributed by atoms with E-state index in [0.717, 1.165) is 31.0 Å². The van der Waals surface area contributed by atoms with Gasteiger partial charge < -0.3 is 9.64 Å². The van der Waals surface area contributed by atoms with Gasteiger partial charge in [0.2, 0.25) is 5.91 Å². The van der Waals surface area contributed by atoms with Crippen LogP contribution in [0.2, 0.25) is 0 Å². The number of hydrogen-bond donors (Lipinski definition) is 0. The van der Waals surface area contributed by atoms with E-state index in [4.69, 9.17) is 4.74 Å². The number of ether oxygens (including phenoxy) is 1. The minimum atomic E-state index is -0.0359. The Morgan fingerprint density at radius 2 is 2.08 bits per heavy atom. The summed E-state index contributed by atoms with van der Waals surface area (Å²) in [6, 6.07) is 9.92. The largest absolute Gasteiger partial charge is 0.382 e. The zero-order valence-corrected chi connectivity index (χ0v) is 14.7. The van der Waals surface area contributed by atoms with Crippen LogP contribution in [0, 0.1) is 5.92 Å². The first-order valence-electron chi connectivity index (χ1n) is 9.13. The summed E-state index contributed by atoms with van der Waals surface area (Å²) in [5.41, 5.74) is 3.51. The Morgan fingerprint density at radius 3 is 2.80 bits per heavy atom. The van der Waals surface area contributed by atoms with Gasteiger partial charge in [0.15, 0.2) is 0 Å². The Balaban J connectivity index is 1.58. The van der Waals surface area contributed by atoms with Crippen molar-refractivity contribution in [1.82, 2.24) is 14.7 Å². The van der Waals surface area contributed by atoms with E-state index >= 15 is 0 Å². The van der Waals surface area contributed by atoms with Gasteiger partial charge in [-0.15, -0.1) is 0 Å². The van der Waals surface area contributed by atoms with E-state index in [2.05, 4.69) is 9.78 Å². The normalized spacial score (nSPS) is 19.7. The van der Waals surface area contributed by atoms with Crippen molar-refractivity contribution < 1.29 is 9.53 Å². The van der Waals surface area contributed by atoms with Crippen LogP contribution in [0.3, 0.4) is 0 Å². The molecule has 2 aromatic rings. The number of hydrogen-bond acceptors (Lipinski definition) is 3. The standard InChI is InChI=1S/C20H25N3O2/c1-25-14-18-20-17(12-21-23(20)13-16-7-8-16)9-10-22(18)19(24)11-15-5-3-2-4-6-15/h2-6,12,16,18H,7-11,13-14H2,1H3/t18-/m1/s1. The average Bonchev–Trinajstić information content (AvgIpc) is 3.35. The molecule has 0 spiro atoms. The van der Waals surface area contributed by atoms with Crippen molar-refractivity contribution >= 4 is 5.91 Å². The molecule has 1 aliphatic carbocycles. The Labute approximate surface area is 148 Å². The number of rotatable bonds is 6. The highest BCUT2D eigenvalue weighted by atomic mass is 16.5. The Hall–Kier alpha value is -2.14. The van der Waals surface area contributed by atoms with Gasteiger partial charge in [-0.2, -0.15) is 5.10 Å². The highest BCUT2D eigenvalue weighted by Crippen LogP contribution is 2.35. The van der Waals surface area contributed by atoms with Gasteiger partial charge in [0, 0.05) is 20.2 Å². The Kier molecular flexibility index (Phi) is 4.57. The Morgan fingerprint density at radius 1 is 1.28 bits per heavy atom. The third-order valence-corrected chi connectivity index (χ3v) is 5.25. The predicted molar refractivity (Wildman–Crippen MR) is 95.1 cm³/mol. The van der Waals surface area contributed by atoms with Crippen molar-refractivity contribution in [2.75, 3.05) is 20.3 Å². The van der Waals surface area contributed by atoms with Crippen LogP contribution < -0.4 is 0 Å². The van der Waals surface area contributed by atoms with Crippen LogP contribution in [0.15, 0.2) is 36.5 Å². The van der Waals surface area contributed by atoms with Gasteiger partial charge in [-0.05, 0) is 36.3 Å². The van der Waals surface area contributed by atoms with Gasteiger partial charge in [-0.25, -0.2) is 0 Å². The highest BCUT2D eigenvalue weighted by Gasteiger charge is 2.35. The summed E-state index contributed by atoms with van der Waals surface area (Å²) >= 11 is 0. The van der Waals surface area contributed by atoms with Gasteiger partial charge in [-0.1, -0.05) is 30.3 Å². The molecule has 5 heteroatoms. The molecule has 0 radical (unpaired) electrons. The molecule has 1 saturated carbocycles. The molecule has 4 rings (SSSR count). The SMILES string of the molecule is COC[C@@H]1c2c(cnn2CC2CC2)CCN1C(=O)Cc1ccccc1. The van der Waals surface area contributed by atoms with Gasteiger partial charge in [0.25, 0.3) is 0 Å². The molecule has 0 unspecified atom stereocenters. The second-order valence-corrected chi connectivity index (χ2v) is 7.15. The van der Waals surface area contributed by atoms with E-state index in [0.29, 0.717) is 13.0 Å². The molecule has 132 valence electrons. The fourth-order valence-corrected chi connectivity index (χ4v) is 3.74. The number of fused-ring (bicyclic) bond motifs is 1. The van der Waals surface area contributed by atoms with E-state index in [1.54, 1.807) is 7.11 Å². The quantitative estimate of drug-likeness (QED) is 0.813. The van der Waals surface area contributed by atoms with Crippen LogP contribution in [0.25, 0.3) is 0 Å². The van der Waals surface area contributed by atoms with E-state index < -0.39 is 0 Å². The number of nitrogens with zero attached hydrogens (tertiary/aromatic N) is 3. The van der Waals surface area contributed by atoms with Crippen LogP contribution in [0.1, 0.15) is 35.7 Å². The first kappa shape index (κ1) is 16.3. The van der Waals surface area contributed by atoms with Crippen molar-refractivity contribution in [3.05, 3.63) is 53.3 Å². The fourth-order valence-electron chi connectivity index (χ4n) is 3.74. The van der Waals surface area contributed by atoms with Crippen LogP contribution >= 0.6 is 0 Å². The molecule has 0 saturated heterocycles. The molecule has 0 bridgehead atoms. The van der Waals surface area contributed by atoms with Crippen molar-refractivity contribution in [2.24, 2.45) is 5.92 Å². The molecular formula is C20H25N3O2. The predicted octanol–water partition coefficient (Wildman–Crippen LogP) is 2.61. The van der Waals surface area contributed by atoms with Crippen LogP contribution in [0.4, 0.5) is 0 Å². The van der Waals surface area contributed by atoms with E-state index in [1.165, 1.54) is 24.1 Å². The molecule has 1 aromatic carbocycles. The second-order valence-electron chi connectivity index (χ2n) is 7.15. The monoisotopic (exact) mass is 339 g/mol. The molecule has 1 fully saturated rings. The molecule has 0 N–H and O–H groups in total. The number of aromatic nitrogens is 2. The van der Waals surface area contributed by atoms with Crippen LogP contribution in [0.5, 0.6) is 0 Å². The molecule has 1 aliphatic heterocycles. The van der Waals surface area contributed by atoms with Crippen LogP contribution in [-0.2, 0) is 28.9 Å². The third kappa shape index (κ3) is 3.47. The summed E-state index contributed by atoms with van der Waals surface area (Å²) in [4.78, 5) is 15.0. The smallest absolute Gasteiger partial charge is 0.227 e. The summed E-state index contributed by atoms with van der Waals surface area (Å²) in [6.07, 6.45) is 5.88. The lowest BCUT2D eigenvalue weighted by Gasteiger charge is -2.36. The lowest BCUT2D eigenvalue weighted by molar-refractivity contribution is -0.134. The molecule has 25 heavy (non-hydrogen) atoms. The molecule has 1 amide bonds. The number of amides is 1. The summed E-state index contributed by atoms with van der Waals surface area (Å²) in [5, 5.41) is 4.61. The molecule has 2 heterocycles. The average molecular weight is 339 g/mol. The van der Waals surface area contributed by atoms with Crippen molar-refractivity contribution in [2.45, 2.75) is 38.3 Å². The zero-order valence-electron chi connectivity index (χ0n) is 14.7. The molecular weight excluding hydrogens is 314 g/mol. The van der Waals surface area contributed by atoms with Gasteiger partial charge >= 0.3 is 0 Å². The second kappa shape index (κ2) is 7.00. The van der Waals surface area contributed by atoms with Crippen molar-refractivity contribution in [3.8, 4) is 0 Å². The lowest BCUT2D eigenvalue weighted by atomic mass is 9.99. The minimum absolute atomic E-state index is 0.0359. The number of carbonyl (C=O) groups is 1. The molecule has 1 aromatic heterocycles. The molecule has 2 aliphatic rings. The highest BCUT2D eigenvalue weighted by molar-refractivity contribution is 5.79. The first-order valence-corrected chi connectivity index (χ1v) is 9.13. The van der Waals surface area contributed by atoms with Gasteiger partial charge in [0.05, 0.1) is 31.0 Å². The fraction of sp³-hybridized carbons (Fsp3) is 0.500. The summed E-state index contributed by atoms with van der Waals surface area (Å²) in [6.45, 7) is 2.22. The maximum absolute atomic E-state index is 13.0. The number of methoxy groups -OCH3 is 1. The first-order chi connectivity index (χ1) is 12.3. The zero-order chi connectivity index (χ0) is 17.2. The lowest BCUT2D eigenvalue weighted by Crippen LogP contribution is -2.43. The van der Waals surface area contributed by atoms with E-state index in [9.17, 15) is 4.79 Å². The van der Waals surface area contributed by atoms with Crippen molar-refractivity contribution in [3.63, 3.8) is 0 Å². The summed E-state index contributed by atoms with van der Waals surface area (Å²) < 4.78 is 7.60. The van der Waals surface area contributed by atoms with E-state index in [1.807, 2.05) is 41.4 Å². The minimum Gasteiger partial charge on any atom is -0.382 e. The van der Waals surface area contributed by atoms with E-state index in [-0.39, 0.29) is 11.9 Å². The maximum Gasteiger partial charge on any atom is 0.227 e. The number of carbonyl (C=O) groups excluding carboxylic acids is 1. The van der Waals surface area contributed by atoms with Crippen LogP contribution in [-0.4, -0.2) is 40.8 Å². The van der Waals surface area contributed by atoms with Gasteiger partial charge in [0.1, 0.15) is 0 Å². The maximum atomic E-state index is 13.0. The summed E-state index contributed by atoms with van der Waals surface area (Å²) in [5.74, 6) is 0.917. The third-order valence-electron chi connectivity index (χ3n) is 5.25. The van der Waals surface area contributed by atoms with Crippen molar-refractivity contribution in [1.29, 1.82) is 0 Å². The topological polar surface area (TPSA) is 47.4 Å². The van der Waals surface area contributed by atoms with Gasteiger partial charge in [-0.3, -0.25) is 9.48 Å². The Bertz CT molecular complexity index is 737.